The molecule has 0 spiro atoms. The number of aromatic amines is 2. The standard InChI is InChI=1S/C38H22N4O2S/c1-4-12-25-21(9-1)17-27(39-25)24-20-28-36(42-37(40-28)38-41-26-13-5-7-15-30(26)44-38)35(33-19-23-11-3-8-16-32(23)45-33)34(24)31-18-22-10-2-6-14-29(22)43-31/h1-20,39H,(H,40,42). The molecule has 0 atom stereocenters. The number of hydrogen-bond acceptors (Lipinski definition) is 5. The molecule has 2 N–H and O–H groups in total. The van der Waals surface area contributed by atoms with Gasteiger partial charge in [0.1, 0.15) is 16.9 Å². The van der Waals surface area contributed by atoms with E-state index in [1.54, 1.807) is 11.3 Å². The number of H-pyrrole nitrogens is 2. The van der Waals surface area contributed by atoms with Gasteiger partial charge in [0, 0.05) is 48.3 Å². The molecular weight excluding hydrogens is 577 g/mol. The van der Waals surface area contributed by atoms with Gasteiger partial charge < -0.3 is 18.8 Å². The van der Waals surface area contributed by atoms with E-state index >= 15 is 0 Å². The predicted molar refractivity (Wildman–Crippen MR) is 182 cm³/mol. The molecule has 0 bridgehead atoms. The fourth-order valence-corrected chi connectivity index (χ4v) is 7.49. The lowest BCUT2D eigenvalue weighted by Crippen LogP contribution is -1.91. The lowest BCUT2D eigenvalue weighted by molar-refractivity contribution is 0.614. The van der Waals surface area contributed by atoms with E-state index in [0.717, 1.165) is 77.0 Å². The Kier molecular flexibility index (Phi) is 5.06. The van der Waals surface area contributed by atoms with Crippen LogP contribution in [-0.4, -0.2) is 19.9 Å². The second-order valence-electron chi connectivity index (χ2n) is 11.2. The molecule has 212 valence electrons. The number of rotatable bonds is 4. The van der Waals surface area contributed by atoms with Crippen molar-refractivity contribution >= 4 is 65.4 Å². The van der Waals surface area contributed by atoms with Gasteiger partial charge in [0.25, 0.3) is 5.89 Å². The highest BCUT2D eigenvalue weighted by Crippen LogP contribution is 2.48. The first kappa shape index (κ1) is 24.5. The van der Waals surface area contributed by atoms with Crippen LogP contribution in [0, 0.1) is 0 Å². The number of fused-ring (bicyclic) bond motifs is 5. The van der Waals surface area contributed by atoms with Gasteiger partial charge in [-0.05, 0) is 60.0 Å². The Hall–Kier alpha value is -5.92. The van der Waals surface area contributed by atoms with E-state index in [0.29, 0.717) is 11.7 Å². The van der Waals surface area contributed by atoms with Crippen molar-refractivity contribution in [2.45, 2.75) is 0 Å². The number of aromatic nitrogens is 4. The van der Waals surface area contributed by atoms with Crippen molar-refractivity contribution in [1.82, 2.24) is 19.9 Å². The minimum absolute atomic E-state index is 0.451. The number of nitrogens with one attached hydrogen (secondary N) is 2. The number of hydrogen-bond donors (Lipinski definition) is 2. The van der Waals surface area contributed by atoms with Gasteiger partial charge >= 0.3 is 0 Å². The van der Waals surface area contributed by atoms with E-state index < -0.39 is 0 Å². The molecule has 5 aromatic carbocycles. The highest BCUT2D eigenvalue weighted by atomic mass is 32.1. The van der Waals surface area contributed by atoms with Gasteiger partial charge in [-0.2, -0.15) is 0 Å². The molecule has 0 amide bonds. The number of oxazole rings is 1. The van der Waals surface area contributed by atoms with Crippen molar-refractivity contribution < 1.29 is 8.83 Å². The van der Waals surface area contributed by atoms with E-state index in [1.165, 1.54) is 10.1 Å². The summed E-state index contributed by atoms with van der Waals surface area (Å²) in [5.41, 5.74) is 9.14. The summed E-state index contributed by atoms with van der Waals surface area (Å²) in [5, 5.41) is 3.38. The molecule has 0 radical (unpaired) electrons. The van der Waals surface area contributed by atoms with E-state index in [4.69, 9.17) is 18.8 Å². The maximum absolute atomic E-state index is 6.63. The fraction of sp³-hybridized carbons (Fsp3) is 0. The van der Waals surface area contributed by atoms with E-state index in [-0.39, 0.29) is 0 Å². The lowest BCUT2D eigenvalue weighted by Gasteiger charge is -2.13. The molecule has 10 aromatic rings. The Morgan fingerprint density at radius 2 is 1.36 bits per heavy atom. The topological polar surface area (TPSA) is 83.6 Å². The number of benzene rings is 5. The maximum atomic E-state index is 6.63. The van der Waals surface area contributed by atoms with Crippen LogP contribution in [0.4, 0.5) is 0 Å². The quantitative estimate of drug-likeness (QED) is 0.211. The molecule has 0 aliphatic rings. The normalized spacial score (nSPS) is 12.0. The van der Waals surface area contributed by atoms with E-state index in [1.807, 2.05) is 42.5 Å². The summed E-state index contributed by atoms with van der Waals surface area (Å²) in [6, 6.07) is 41.5. The Morgan fingerprint density at radius 3 is 2.20 bits per heavy atom. The van der Waals surface area contributed by atoms with Gasteiger partial charge in [0.05, 0.1) is 11.0 Å². The Balaban J connectivity index is 1.34. The van der Waals surface area contributed by atoms with Crippen LogP contribution in [-0.2, 0) is 0 Å². The van der Waals surface area contributed by atoms with Crippen LogP contribution in [0.3, 0.4) is 0 Å². The zero-order chi connectivity index (χ0) is 29.5. The van der Waals surface area contributed by atoms with E-state index in [2.05, 4.69) is 88.8 Å². The first-order chi connectivity index (χ1) is 22.2. The van der Waals surface area contributed by atoms with Crippen molar-refractivity contribution in [3.05, 3.63) is 121 Å². The monoisotopic (exact) mass is 598 g/mol. The summed E-state index contributed by atoms with van der Waals surface area (Å²) in [4.78, 5) is 18.2. The zero-order valence-corrected chi connectivity index (χ0v) is 24.5. The Morgan fingerprint density at radius 1 is 0.578 bits per heavy atom. The van der Waals surface area contributed by atoms with Gasteiger partial charge in [-0.15, -0.1) is 11.3 Å². The third-order valence-corrected chi connectivity index (χ3v) is 9.58. The molecule has 5 aromatic heterocycles. The lowest BCUT2D eigenvalue weighted by atomic mass is 9.93. The number of nitrogens with zero attached hydrogens (tertiary/aromatic N) is 2. The molecular formula is C38H22N4O2S. The summed E-state index contributed by atoms with van der Waals surface area (Å²) < 4.78 is 14.0. The van der Waals surface area contributed by atoms with Gasteiger partial charge in [-0.25, -0.2) is 9.97 Å². The van der Waals surface area contributed by atoms with Crippen LogP contribution in [0.25, 0.3) is 98.8 Å². The van der Waals surface area contributed by atoms with Gasteiger partial charge in [0.15, 0.2) is 11.4 Å². The second-order valence-corrected chi connectivity index (χ2v) is 12.3. The molecule has 7 heteroatoms. The largest absolute Gasteiger partial charge is 0.456 e. The average molecular weight is 599 g/mol. The van der Waals surface area contributed by atoms with Crippen molar-refractivity contribution in [2.24, 2.45) is 0 Å². The van der Waals surface area contributed by atoms with Crippen LogP contribution in [0.5, 0.6) is 0 Å². The molecule has 0 unspecified atom stereocenters. The zero-order valence-electron chi connectivity index (χ0n) is 23.7. The molecule has 45 heavy (non-hydrogen) atoms. The van der Waals surface area contributed by atoms with Crippen molar-refractivity contribution in [3.63, 3.8) is 0 Å². The first-order valence-electron chi connectivity index (χ1n) is 14.7. The van der Waals surface area contributed by atoms with Crippen LogP contribution in [0.1, 0.15) is 0 Å². The average Bonchev–Trinajstić information content (AvgIpc) is 3.90. The van der Waals surface area contributed by atoms with Crippen LogP contribution in [0.2, 0.25) is 0 Å². The SMILES string of the molecule is c1ccc2[nH]c(-c3cc4nc(-c5nc6ccccc6o5)[nH]c4c(-c4cc5ccccc5s4)c3-c3cc4ccccc4o3)cc2c1. The number of para-hydroxylation sites is 4. The van der Waals surface area contributed by atoms with Crippen LogP contribution < -0.4 is 0 Å². The second kappa shape index (κ2) is 9.29. The number of furan rings is 1. The molecule has 0 saturated carbocycles. The third-order valence-electron chi connectivity index (χ3n) is 8.44. The van der Waals surface area contributed by atoms with Gasteiger partial charge in [0.2, 0.25) is 0 Å². The summed E-state index contributed by atoms with van der Waals surface area (Å²) in [6.07, 6.45) is 0. The smallest absolute Gasteiger partial charge is 0.264 e. The minimum atomic E-state index is 0.451. The molecule has 0 saturated heterocycles. The molecule has 6 nitrogen and oxygen atoms in total. The summed E-state index contributed by atoms with van der Waals surface area (Å²) in [7, 11) is 0. The fourth-order valence-electron chi connectivity index (χ4n) is 6.37. The summed E-state index contributed by atoms with van der Waals surface area (Å²) in [6.45, 7) is 0. The third kappa shape index (κ3) is 3.81. The summed E-state index contributed by atoms with van der Waals surface area (Å²) >= 11 is 1.76. The molecule has 0 aliphatic heterocycles. The number of imidazole rings is 1. The Labute approximate surface area is 259 Å². The van der Waals surface area contributed by atoms with Gasteiger partial charge in [-0.1, -0.05) is 66.7 Å². The highest BCUT2D eigenvalue weighted by Gasteiger charge is 2.26. The Bertz CT molecular complexity index is 2610. The van der Waals surface area contributed by atoms with Crippen LogP contribution in [0.15, 0.2) is 130 Å². The van der Waals surface area contributed by atoms with Crippen molar-refractivity contribution in [3.8, 4) is 44.7 Å². The van der Waals surface area contributed by atoms with Crippen molar-refractivity contribution in [1.29, 1.82) is 0 Å². The predicted octanol–water partition coefficient (Wildman–Crippen LogP) is 10.8. The van der Waals surface area contributed by atoms with Crippen LogP contribution >= 0.6 is 11.3 Å². The molecule has 10 rings (SSSR count). The number of thiophene rings is 1. The van der Waals surface area contributed by atoms with Gasteiger partial charge in [-0.3, -0.25) is 0 Å². The molecule has 5 heterocycles. The molecule has 0 fully saturated rings. The van der Waals surface area contributed by atoms with Crippen molar-refractivity contribution in [2.75, 3.05) is 0 Å². The molecule has 0 aliphatic carbocycles. The maximum Gasteiger partial charge on any atom is 0.264 e. The van der Waals surface area contributed by atoms with E-state index in [9.17, 15) is 0 Å². The summed E-state index contributed by atoms with van der Waals surface area (Å²) in [5.74, 6) is 1.82. The first-order valence-corrected chi connectivity index (χ1v) is 15.6. The highest BCUT2D eigenvalue weighted by molar-refractivity contribution is 7.22. The minimum Gasteiger partial charge on any atom is -0.456 e.